The quantitative estimate of drug-likeness (QED) is 0.773. The third kappa shape index (κ3) is 3.19. The van der Waals surface area contributed by atoms with E-state index in [1.54, 1.807) is 13.3 Å². The standard InChI is InChI=1S/C22H23N2O2/c1-26-21-18-9-12-23-20(18)8-7-19(21)22(25)24-13-10-17(11-14-24)15-16-5-3-2-4-6-16/h2-8,12,17,23H,10-11,13-15H2,1H3. The summed E-state index contributed by atoms with van der Waals surface area (Å²) >= 11 is 0. The van der Waals surface area contributed by atoms with Crippen molar-refractivity contribution in [1.82, 2.24) is 9.88 Å². The molecular weight excluding hydrogens is 324 g/mol. The minimum absolute atomic E-state index is 0.0523. The maximum atomic E-state index is 13.0. The van der Waals surface area contributed by atoms with Gasteiger partial charge in [-0.25, -0.2) is 0 Å². The number of ether oxygens (including phenoxy) is 1. The molecule has 1 amide bonds. The van der Waals surface area contributed by atoms with Crippen LogP contribution in [0.3, 0.4) is 0 Å². The molecule has 1 aliphatic rings. The van der Waals surface area contributed by atoms with Crippen molar-refractivity contribution in [2.24, 2.45) is 5.92 Å². The minimum Gasteiger partial charge on any atom is -0.495 e. The predicted octanol–water partition coefficient (Wildman–Crippen LogP) is 4.07. The van der Waals surface area contributed by atoms with Gasteiger partial charge in [-0.1, -0.05) is 30.3 Å². The van der Waals surface area contributed by atoms with Crippen LogP contribution in [0.1, 0.15) is 28.8 Å². The Labute approximate surface area is 153 Å². The summed E-state index contributed by atoms with van der Waals surface area (Å²) in [5, 5.41) is 0.831. The van der Waals surface area contributed by atoms with Crippen molar-refractivity contribution in [3.63, 3.8) is 0 Å². The van der Waals surface area contributed by atoms with Gasteiger partial charge in [0.25, 0.3) is 5.91 Å². The van der Waals surface area contributed by atoms with Gasteiger partial charge >= 0.3 is 0 Å². The average molecular weight is 347 g/mol. The van der Waals surface area contributed by atoms with Crippen LogP contribution >= 0.6 is 0 Å². The topological polar surface area (TPSA) is 45.3 Å². The van der Waals surface area contributed by atoms with Gasteiger partial charge in [-0.05, 0) is 42.9 Å². The number of fused-ring (bicyclic) bond motifs is 1. The number of carbonyl (C=O) groups is 1. The van der Waals surface area contributed by atoms with Crippen molar-refractivity contribution in [1.29, 1.82) is 0 Å². The molecule has 4 rings (SSSR count). The first kappa shape index (κ1) is 16.7. The summed E-state index contributed by atoms with van der Waals surface area (Å²) in [6.07, 6.45) is 4.93. The SMILES string of the molecule is COc1c(C(=O)N2CCC(Cc3ccccc3)CC2)ccc2[nH]c[c]c12. The summed E-state index contributed by atoms with van der Waals surface area (Å²) in [5.74, 6) is 1.31. The van der Waals surface area contributed by atoms with Gasteiger partial charge in [-0.15, -0.1) is 0 Å². The van der Waals surface area contributed by atoms with E-state index in [4.69, 9.17) is 4.74 Å². The lowest BCUT2D eigenvalue weighted by Gasteiger charge is -2.32. The second kappa shape index (κ2) is 7.24. The minimum atomic E-state index is 0.0523. The molecule has 1 radical (unpaired) electrons. The smallest absolute Gasteiger partial charge is 0.257 e. The van der Waals surface area contributed by atoms with Crippen molar-refractivity contribution >= 4 is 16.8 Å². The van der Waals surface area contributed by atoms with E-state index in [2.05, 4.69) is 41.4 Å². The summed E-state index contributed by atoms with van der Waals surface area (Å²) in [6, 6.07) is 17.5. The zero-order chi connectivity index (χ0) is 17.9. The molecule has 4 heteroatoms. The third-order valence-corrected chi connectivity index (χ3v) is 5.31. The Morgan fingerprint density at radius 2 is 1.96 bits per heavy atom. The molecule has 3 aromatic rings. The normalized spacial score (nSPS) is 15.3. The number of aromatic nitrogens is 1. The van der Waals surface area contributed by atoms with Crippen LogP contribution in [0.15, 0.2) is 48.7 Å². The van der Waals surface area contributed by atoms with Crippen LogP contribution in [0.2, 0.25) is 0 Å². The number of nitrogens with zero attached hydrogens (tertiary/aromatic N) is 1. The van der Waals surface area contributed by atoms with Gasteiger partial charge in [0, 0.05) is 30.9 Å². The van der Waals surface area contributed by atoms with Gasteiger partial charge in [-0.2, -0.15) is 0 Å². The van der Waals surface area contributed by atoms with Gasteiger partial charge in [-0.3, -0.25) is 4.79 Å². The first-order valence-electron chi connectivity index (χ1n) is 9.15. The lowest BCUT2D eigenvalue weighted by atomic mass is 9.90. The Hall–Kier alpha value is -2.75. The van der Waals surface area contributed by atoms with E-state index < -0.39 is 0 Å². The van der Waals surface area contributed by atoms with Crippen molar-refractivity contribution < 1.29 is 9.53 Å². The molecule has 2 heterocycles. The molecule has 0 bridgehead atoms. The fraction of sp³-hybridized carbons (Fsp3) is 0.318. The molecule has 1 aromatic heterocycles. The second-order valence-electron chi connectivity index (χ2n) is 6.93. The van der Waals surface area contributed by atoms with E-state index in [0.717, 1.165) is 43.3 Å². The number of piperidine rings is 1. The first-order chi connectivity index (χ1) is 12.8. The fourth-order valence-corrected chi connectivity index (χ4v) is 3.87. The number of carbonyl (C=O) groups excluding carboxylic acids is 1. The number of amides is 1. The van der Waals surface area contributed by atoms with Crippen molar-refractivity contribution in [2.45, 2.75) is 19.3 Å². The second-order valence-corrected chi connectivity index (χ2v) is 6.93. The van der Waals surface area contributed by atoms with Crippen LogP contribution < -0.4 is 4.74 Å². The highest BCUT2D eigenvalue weighted by Gasteiger charge is 2.26. The molecule has 1 N–H and O–H groups in total. The Kier molecular flexibility index (Phi) is 4.65. The summed E-state index contributed by atoms with van der Waals surface area (Å²) in [5.41, 5.74) is 2.93. The highest BCUT2D eigenvalue weighted by molar-refractivity contribution is 6.03. The average Bonchev–Trinajstić information content (AvgIpc) is 3.17. The number of hydrogen-bond donors (Lipinski definition) is 1. The van der Waals surface area contributed by atoms with Crippen LogP contribution in [0.5, 0.6) is 5.75 Å². The summed E-state index contributed by atoms with van der Waals surface area (Å²) in [7, 11) is 1.61. The van der Waals surface area contributed by atoms with Crippen LogP contribution in [-0.2, 0) is 6.42 Å². The Bertz CT molecular complexity index is 893. The van der Waals surface area contributed by atoms with Crippen molar-refractivity contribution in [3.05, 3.63) is 65.9 Å². The highest BCUT2D eigenvalue weighted by Crippen LogP contribution is 2.31. The van der Waals surface area contributed by atoms with Crippen molar-refractivity contribution in [2.75, 3.05) is 20.2 Å². The number of benzene rings is 2. The summed E-state index contributed by atoms with van der Waals surface area (Å²) in [6.45, 7) is 1.60. The van der Waals surface area contributed by atoms with E-state index >= 15 is 0 Å². The number of aromatic amines is 1. The predicted molar refractivity (Wildman–Crippen MR) is 102 cm³/mol. The van der Waals surface area contributed by atoms with E-state index in [-0.39, 0.29) is 5.91 Å². The molecule has 2 aromatic carbocycles. The van der Waals surface area contributed by atoms with E-state index in [1.165, 1.54) is 5.56 Å². The maximum Gasteiger partial charge on any atom is 0.257 e. The number of H-pyrrole nitrogens is 1. The molecule has 1 saturated heterocycles. The fourth-order valence-electron chi connectivity index (χ4n) is 3.87. The van der Waals surface area contributed by atoms with Gasteiger partial charge in [0.15, 0.2) is 0 Å². The largest absolute Gasteiger partial charge is 0.495 e. The van der Waals surface area contributed by atoms with Gasteiger partial charge in [0.1, 0.15) is 5.75 Å². The number of methoxy groups -OCH3 is 1. The molecule has 0 atom stereocenters. The molecular formula is C22H23N2O2. The van der Waals surface area contributed by atoms with Gasteiger partial charge in [0.05, 0.1) is 18.1 Å². The van der Waals surface area contributed by atoms with Gasteiger partial charge < -0.3 is 14.6 Å². The van der Waals surface area contributed by atoms with Crippen LogP contribution in [0.25, 0.3) is 10.9 Å². The summed E-state index contributed by atoms with van der Waals surface area (Å²) in [4.78, 5) is 18.1. The zero-order valence-electron chi connectivity index (χ0n) is 15.0. The number of nitrogens with one attached hydrogen (secondary N) is 1. The molecule has 4 nitrogen and oxygen atoms in total. The Morgan fingerprint density at radius 3 is 2.69 bits per heavy atom. The van der Waals surface area contributed by atoms with Crippen LogP contribution in [-0.4, -0.2) is 36.0 Å². The molecule has 26 heavy (non-hydrogen) atoms. The molecule has 0 unspecified atom stereocenters. The van der Waals surface area contributed by atoms with Crippen LogP contribution in [0, 0.1) is 12.0 Å². The maximum absolute atomic E-state index is 13.0. The molecule has 0 aliphatic carbocycles. The van der Waals surface area contributed by atoms with E-state index in [0.29, 0.717) is 17.2 Å². The number of rotatable bonds is 4. The number of likely N-dealkylation sites (tertiary alicyclic amines) is 1. The molecule has 1 aliphatic heterocycles. The van der Waals surface area contributed by atoms with Crippen LogP contribution in [0.4, 0.5) is 0 Å². The number of hydrogen-bond acceptors (Lipinski definition) is 2. The Balaban J connectivity index is 1.45. The molecule has 0 saturated carbocycles. The lowest BCUT2D eigenvalue weighted by Crippen LogP contribution is -2.39. The lowest BCUT2D eigenvalue weighted by molar-refractivity contribution is 0.0687. The summed E-state index contributed by atoms with van der Waals surface area (Å²) < 4.78 is 5.53. The van der Waals surface area contributed by atoms with E-state index in [1.807, 2.05) is 17.0 Å². The van der Waals surface area contributed by atoms with E-state index in [9.17, 15) is 4.79 Å². The van der Waals surface area contributed by atoms with Gasteiger partial charge in [0.2, 0.25) is 0 Å². The molecule has 133 valence electrons. The van der Waals surface area contributed by atoms with Crippen molar-refractivity contribution in [3.8, 4) is 5.75 Å². The third-order valence-electron chi connectivity index (χ3n) is 5.31. The monoisotopic (exact) mass is 347 g/mol. The Morgan fingerprint density at radius 1 is 1.19 bits per heavy atom. The molecule has 0 spiro atoms. The zero-order valence-corrected chi connectivity index (χ0v) is 15.0. The highest BCUT2D eigenvalue weighted by atomic mass is 16.5. The first-order valence-corrected chi connectivity index (χ1v) is 9.15. The molecule has 1 fully saturated rings.